The molecule has 0 saturated carbocycles. The van der Waals surface area contributed by atoms with Crippen molar-refractivity contribution in [1.29, 1.82) is 0 Å². The zero-order valence-corrected chi connectivity index (χ0v) is 13.2. The monoisotopic (exact) mass is 286 g/mol. The van der Waals surface area contributed by atoms with Gasteiger partial charge in [0.05, 0.1) is 12.6 Å². The van der Waals surface area contributed by atoms with Gasteiger partial charge in [0, 0.05) is 19.3 Å². The molecule has 0 aliphatic heterocycles. The Morgan fingerprint density at radius 1 is 1.24 bits per heavy atom. The second kappa shape index (κ2) is 9.94. The molecule has 0 heterocycles. The van der Waals surface area contributed by atoms with Crippen LogP contribution in [0.25, 0.3) is 0 Å². The van der Waals surface area contributed by atoms with Crippen LogP contribution in [0.3, 0.4) is 0 Å². The van der Waals surface area contributed by atoms with Gasteiger partial charge in [-0.25, -0.2) is 0 Å². The Bertz CT molecular complexity index is 473. The molecule has 114 valence electrons. The van der Waals surface area contributed by atoms with Crippen molar-refractivity contribution in [1.82, 2.24) is 4.90 Å². The lowest BCUT2D eigenvalue weighted by Gasteiger charge is -2.13. The van der Waals surface area contributed by atoms with E-state index in [9.17, 15) is 5.11 Å². The first-order chi connectivity index (χ1) is 10.2. The van der Waals surface area contributed by atoms with Crippen molar-refractivity contribution in [3.8, 4) is 0 Å². The minimum Gasteiger partial charge on any atom is -0.394 e. The smallest absolute Gasteiger partial charge is 0.0979 e. The third-order valence-corrected chi connectivity index (χ3v) is 3.28. The van der Waals surface area contributed by atoms with Crippen LogP contribution in [0.15, 0.2) is 59.2 Å². The zero-order chi connectivity index (χ0) is 15.5. The number of rotatable bonds is 8. The van der Waals surface area contributed by atoms with Crippen LogP contribution in [0.1, 0.15) is 32.4 Å². The molecule has 1 aromatic rings. The Hall–Kier alpha value is -1.87. The van der Waals surface area contributed by atoms with Crippen molar-refractivity contribution in [3.63, 3.8) is 0 Å². The Balaban J connectivity index is 2.65. The molecule has 0 radical (unpaired) electrons. The molecule has 0 saturated heterocycles. The topological polar surface area (TPSA) is 35.8 Å². The van der Waals surface area contributed by atoms with Crippen molar-refractivity contribution in [2.45, 2.75) is 26.8 Å². The molecular weight excluding hydrogens is 260 g/mol. The summed E-state index contributed by atoms with van der Waals surface area (Å²) in [5, 5.41) is 9.45. The molecule has 21 heavy (non-hydrogen) atoms. The summed E-state index contributed by atoms with van der Waals surface area (Å²) in [7, 11) is 0. The second-order valence-corrected chi connectivity index (χ2v) is 4.86. The van der Waals surface area contributed by atoms with Gasteiger partial charge in [0.2, 0.25) is 0 Å². The summed E-state index contributed by atoms with van der Waals surface area (Å²) < 4.78 is 0. The van der Waals surface area contributed by atoms with Gasteiger partial charge in [0.15, 0.2) is 0 Å². The molecular formula is C18H26N2O. The Kier molecular flexibility index (Phi) is 8.14. The van der Waals surface area contributed by atoms with Crippen LogP contribution in [0.5, 0.6) is 0 Å². The van der Waals surface area contributed by atoms with Gasteiger partial charge < -0.3 is 10.0 Å². The number of aliphatic imine (C=N–C) groups is 1. The van der Waals surface area contributed by atoms with E-state index in [4.69, 9.17) is 0 Å². The predicted molar refractivity (Wildman–Crippen MR) is 90.6 cm³/mol. The molecule has 1 aromatic carbocycles. The highest BCUT2D eigenvalue weighted by Gasteiger charge is 2.06. The lowest BCUT2D eigenvalue weighted by molar-refractivity contribution is 0.269. The van der Waals surface area contributed by atoms with Crippen molar-refractivity contribution >= 4 is 6.21 Å². The van der Waals surface area contributed by atoms with E-state index in [2.05, 4.69) is 29.9 Å². The minimum absolute atomic E-state index is 0.0169. The summed E-state index contributed by atoms with van der Waals surface area (Å²) in [5.41, 5.74) is 2.09. The minimum atomic E-state index is -0.193. The molecule has 0 bridgehead atoms. The molecule has 0 amide bonds. The Morgan fingerprint density at radius 2 is 1.90 bits per heavy atom. The van der Waals surface area contributed by atoms with E-state index in [1.54, 1.807) is 0 Å². The van der Waals surface area contributed by atoms with Crippen LogP contribution in [0.4, 0.5) is 0 Å². The molecule has 0 fully saturated rings. The van der Waals surface area contributed by atoms with Gasteiger partial charge in [0.25, 0.3) is 0 Å². The summed E-state index contributed by atoms with van der Waals surface area (Å²) >= 11 is 0. The van der Waals surface area contributed by atoms with Gasteiger partial charge in [-0.3, -0.25) is 4.99 Å². The highest BCUT2D eigenvalue weighted by Crippen LogP contribution is 2.15. The van der Waals surface area contributed by atoms with Gasteiger partial charge in [0.1, 0.15) is 0 Å². The van der Waals surface area contributed by atoms with E-state index in [1.807, 2.05) is 55.6 Å². The van der Waals surface area contributed by atoms with Crippen LogP contribution in [-0.2, 0) is 0 Å². The van der Waals surface area contributed by atoms with Crippen molar-refractivity contribution in [2.24, 2.45) is 4.99 Å². The molecule has 1 N–H and O–H groups in total. The summed E-state index contributed by atoms with van der Waals surface area (Å²) in [6, 6.07) is 9.66. The molecule has 0 aromatic heterocycles. The number of aliphatic hydroxyl groups is 1. The van der Waals surface area contributed by atoms with Gasteiger partial charge >= 0.3 is 0 Å². The average molecular weight is 286 g/mol. The summed E-state index contributed by atoms with van der Waals surface area (Å²) in [5.74, 6) is 0. The fourth-order valence-corrected chi connectivity index (χ4v) is 1.92. The van der Waals surface area contributed by atoms with Crippen LogP contribution in [0, 0.1) is 0 Å². The summed E-state index contributed by atoms with van der Waals surface area (Å²) in [4.78, 5) is 6.68. The van der Waals surface area contributed by atoms with E-state index in [0.717, 1.165) is 24.2 Å². The third kappa shape index (κ3) is 6.41. The molecule has 3 nitrogen and oxygen atoms in total. The lowest BCUT2D eigenvalue weighted by Crippen LogP contribution is -2.14. The number of aliphatic hydroxyl groups excluding tert-OH is 1. The second-order valence-electron chi connectivity index (χ2n) is 4.86. The molecule has 1 rings (SSSR count). The van der Waals surface area contributed by atoms with Crippen LogP contribution in [-0.4, -0.2) is 35.9 Å². The van der Waals surface area contributed by atoms with Crippen molar-refractivity contribution < 1.29 is 5.11 Å². The molecule has 3 heteroatoms. The van der Waals surface area contributed by atoms with E-state index in [1.165, 1.54) is 0 Å². The summed E-state index contributed by atoms with van der Waals surface area (Å²) in [6.07, 6.45) is 7.96. The lowest BCUT2D eigenvalue weighted by atomic mass is 10.1. The SMILES string of the molecule is CCN(/C=C/C=C(\C)C=N[C@@H](CO)c1ccccc1)CC. The number of allylic oxidation sites excluding steroid dienone is 3. The average Bonchev–Trinajstić information content (AvgIpc) is 2.53. The third-order valence-electron chi connectivity index (χ3n) is 3.28. The molecule has 0 aliphatic rings. The maximum atomic E-state index is 9.45. The number of hydrogen-bond acceptors (Lipinski definition) is 3. The normalized spacial score (nSPS) is 14.0. The number of hydrogen-bond donors (Lipinski definition) is 1. The van der Waals surface area contributed by atoms with Crippen molar-refractivity contribution in [3.05, 3.63) is 59.8 Å². The quantitative estimate of drug-likeness (QED) is 0.585. The fourth-order valence-electron chi connectivity index (χ4n) is 1.92. The van der Waals surface area contributed by atoms with Gasteiger partial charge in [-0.2, -0.15) is 0 Å². The van der Waals surface area contributed by atoms with Gasteiger partial charge in [-0.05, 0) is 44.2 Å². The zero-order valence-electron chi connectivity index (χ0n) is 13.2. The first kappa shape index (κ1) is 17.2. The van der Waals surface area contributed by atoms with Gasteiger partial charge in [-0.1, -0.05) is 36.4 Å². The highest BCUT2D eigenvalue weighted by atomic mass is 16.3. The van der Waals surface area contributed by atoms with E-state index in [0.29, 0.717) is 0 Å². The van der Waals surface area contributed by atoms with E-state index in [-0.39, 0.29) is 12.6 Å². The standard InChI is InChI=1S/C18H26N2O/c1-4-20(5-2)13-9-10-16(3)14-19-18(15-21)17-11-7-6-8-12-17/h6-14,18,21H,4-5,15H2,1-3H3/b13-9+,16-10+,19-14?/t18-/m0/s1. The molecule has 0 spiro atoms. The van der Waals surface area contributed by atoms with Crippen LogP contribution >= 0.6 is 0 Å². The summed E-state index contributed by atoms with van der Waals surface area (Å²) in [6.45, 7) is 8.32. The Labute approximate surface area is 128 Å². The van der Waals surface area contributed by atoms with Crippen molar-refractivity contribution in [2.75, 3.05) is 19.7 Å². The fraction of sp³-hybridized carbons (Fsp3) is 0.389. The number of nitrogens with zero attached hydrogens (tertiary/aromatic N) is 2. The molecule has 1 atom stereocenters. The van der Waals surface area contributed by atoms with Crippen LogP contribution in [0.2, 0.25) is 0 Å². The largest absolute Gasteiger partial charge is 0.394 e. The molecule has 0 unspecified atom stereocenters. The van der Waals surface area contributed by atoms with Crippen LogP contribution < -0.4 is 0 Å². The number of benzene rings is 1. The first-order valence-electron chi connectivity index (χ1n) is 7.49. The van der Waals surface area contributed by atoms with E-state index >= 15 is 0 Å². The predicted octanol–water partition coefficient (Wildman–Crippen LogP) is 3.59. The first-order valence-corrected chi connectivity index (χ1v) is 7.49. The maximum absolute atomic E-state index is 9.45. The highest BCUT2D eigenvalue weighted by molar-refractivity contribution is 5.78. The molecule has 0 aliphatic carbocycles. The van der Waals surface area contributed by atoms with E-state index < -0.39 is 0 Å². The Morgan fingerprint density at radius 3 is 2.48 bits per heavy atom. The maximum Gasteiger partial charge on any atom is 0.0979 e. The van der Waals surface area contributed by atoms with Gasteiger partial charge in [-0.15, -0.1) is 0 Å².